The molecule has 3 atom stereocenters. The Kier molecular flexibility index (Phi) is 3.96. The molecular formula is C15H27N3O. The van der Waals surface area contributed by atoms with Gasteiger partial charge in [0.25, 0.3) is 0 Å². The Bertz CT molecular complexity index is 336. The van der Waals surface area contributed by atoms with E-state index in [9.17, 15) is 0 Å². The van der Waals surface area contributed by atoms with Crippen LogP contribution in [-0.4, -0.2) is 41.7 Å². The lowest BCUT2D eigenvalue weighted by Gasteiger charge is -2.36. The van der Waals surface area contributed by atoms with Crippen molar-refractivity contribution in [1.29, 1.82) is 0 Å². The summed E-state index contributed by atoms with van der Waals surface area (Å²) in [6, 6.07) is 0.992. The number of ether oxygens (including phenoxy) is 1. The van der Waals surface area contributed by atoms with Gasteiger partial charge in [0, 0.05) is 6.04 Å². The Morgan fingerprint density at radius 3 is 2.47 bits per heavy atom. The topological polar surface area (TPSA) is 50.8 Å². The highest BCUT2D eigenvalue weighted by Crippen LogP contribution is 2.31. The second kappa shape index (κ2) is 5.70. The van der Waals surface area contributed by atoms with E-state index >= 15 is 0 Å². The fourth-order valence-corrected chi connectivity index (χ4v) is 3.93. The number of nitrogens with two attached hydrogens (primary N) is 1. The lowest BCUT2D eigenvalue weighted by Crippen LogP contribution is -2.52. The molecule has 0 spiro atoms. The molecule has 1 aliphatic carbocycles. The minimum Gasteiger partial charge on any atom is -0.373 e. The maximum atomic E-state index is 6.17. The van der Waals surface area contributed by atoms with Gasteiger partial charge in [-0.1, -0.05) is 25.7 Å². The summed E-state index contributed by atoms with van der Waals surface area (Å²) in [5, 5.41) is 0. The van der Waals surface area contributed by atoms with E-state index in [2.05, 4.69) is 16.8 Å². The van der Waals surface area contributed by atoms with Gasteiger partial charge in [0.2, 0.25) is 0 Å². The van der Waals surface area contributed by atoms with E-state index in [0.29, 0.717) is 24.3 Å². The van der Waals surface area contributed by atoms with Gasteiger partial charge in [-0.05, 0) is 32.6 Å². The fraction of sp³-hybridized carbons (Fsp3) is 0.933. The molecule has 0 aromatic rings. The molecule has 108 valence electrons. The van der Waals surface area contributed by atoms with E-state index in [1.807, 2.05) is 0 Å². The van der Waals surface area contributed by atoms with E-state index in [1.165, 1.54) is 44.9 Å². The summed E-state index contributed by atoms with van der Waals surface area (Å²) in [4.78, 5) is 6.93. The molecule has 2 aliphatic heterocycles. The van der Waals surface area contributed by atoms with Crippen LogP contribution in [0.2, 0.25) is 0 Å². The van der Waals surface area contributed by atoms with Crippen LogP contribution in [0.15, 0.2) is 4.99 Å². The van der Waals surface area contributed by atoms with Crippen molar-refractivity contribution in [2.45, 2.75) is 82.6 Å². The lowest BCUT2D eigenvalue weighted by molar-refractivity contribution is 0.00810. The molecule has 0 amide bonds. The normalized spacial score (nSPS) is 37.4. The molecule has 2 fully saturated rings. The van der Waals surface area contributed by atoms with Crippen LogP contribution in [0.3, 0.4) is 0 Å². The van der Waals surface area contributed by atoms with Crippen LogP contribution in [0, 0.1) is 0 Å². The maximum absolute atomic E-state index is 6.17. The first kappa shape index (κ1) is 13.2. The summed E-state index contributed by atoms with van der Waals surface area (Å²) in [5.74, 6) is 0.764. The maximum Gasteiger partial charge on any atom is 0.191 e. The highest BCUT2D eigenvalue weighted by Gasteiger charge is 2.40. The van der Waals surface area contributed by atoms with Gasteiger partial charge in [-0.2, -0.15) is 0 Å². The smallest absolute Gasteiger partial charge is 0.191 e. The summed E-state index contributed by atoms with van der Waals surface area (Å²) in [7, 11) is 0. The fourth-order valence-electron chi connectivity index (χ4n) is 3.93. The first-order valence-electron chi connectivity index (χ1n) is 7.99. The average Bonchev–Trinajstić information content (AvgIpc) is 2.87. The molecular weight excluding hydrogens is 238 g/mol. The van der Waals surface area contributed by atoms with Crippen LogP contribution >= 0.6 is 0 Å². The SMILES string of the molecule is CC1CCC(C2CN=C(N)N2C2CCCCCC2)O1. The van der Waals surface area contributed by atoms with Crippen LogP contribution in [0.1, 0.15) is 58.3 Å². The van der Waals surface area contributed by atoms with E-state index < -0.39 is 0 Å². The zero-order valence-electron chi connectivity index (χ0n) is 12.1. The quantitative estimate of drug-likeness (QED) is 0.779. The van der Waals surface area contributed by atoms with Gasteiger partial charge in [-0.25, -0.2) is 0 Å². The molecule has 1 saturated heterocycles. The predicted octanol–water partition coefficient (Wildman–Crippen LogP) is 2.28. The highest BCUT2D eigenvalue weighted by atomic mass is 16.5. The van der Waals surface area contributed by atoms with Gasteiger partial charge >= 0.3 is 0 Å². The first-order valence-corrected chi connectivity index (χ1v) is 7.99. The van der Waals surface area contributed by atoms with Crippen molar-refractivity contribution in [2.24, 2.45) is 10.7 Å². The van der Waals surface area contributed by atoms with Crippen molar-refractivity contribution in [3.05, 3.63) is 0 Å². The van der Waals surface area contributed by atoms with Crippen molar-refractivity contribution in [3.63, 3.8) is 0 Å². The largest absolute Gasteiger partial charge is 0.373 e. The summed E-state index contributed by atoms with van der Waals surface area (Å²) in [5.41, 5.74) is 6.17. The standard InChI is InChI=1S/C15H27N3O/c1-11-8-9-14(19-11)13-10-17-15(16)18(13)12-6-4-2-3-5-7-12/h11-14H,2-10H2,1H3,(H2,16,17). The van der Waals surface area contributed by atoms with Crippen LogP contribution < -0.4 is 5.73 Å². The van der Waals surface area contributed by atoms with Crippen molar-refractivity contribution in [3.8, 4) is 0 Å². The third-order valence-electron chi connectivity index (χ3n) is 4.97. The lowest BCUT2D eigenvalue weighted by atomic mass is 10.0. The van der Waals surface area contributed by atoms with Gasteiger partial charge in [0.05, 0.1) is 24.8 Å². The Balaban J connectivity index is 1.70. The number of hydrogen-bond donors (Lipinski definition) is 1. The minimum atomic E-state index is 0.336. The zero-order valence-corrected chi connectivity index (χ0v) is 12.1. The van der Waals surface area contributed by atoms with E-state index in [4.69, 9.17) is 10.5 Å². The summed E-state index contributed by atoms with van der Waals surface area (Å²) < 4.78 is 6.08. The molecule has 3 aliphatic rings. The number of aliphatic imine (C=N–C) groups is 1. The summed E-state index contributed by atoms with van der Waals surface area (Å²) in [6.45, 7) is 3.01. The van der Waals surface area contributed by atoms with Crippen molar-refractivity contribution in [1.82, 2.24) is 4.90 Å². The van der Waals surface area contributed by atoms with Gasteiger partial charge in [-0.3, -0.25) is 4.99 Å². The number of rotatable bonds is 2. The molecule has 0 bridgehead atoms. The van der Waals surface area contributed by atoms with Crippen LogP contribution in [0.5, 0.6) is 0 Å². The molecule has 0 aromatic heterocycles. The molecule has 1 saturated carbocycles. The van der Waals surface area contributed by atoms with Crippen molar-refractivity contribution >= 4 is 5.96 Å². The molecule has 3 rings (SSSR count). The molecule has 19 heavy (non-hydrogen) atoms. The van der Waals surface area contributed by atoms with Crippen LogP contribution in [0.25, 0.3) is 0 Å². The second-order valence-electron chi connectivity index (χ2n) is 6.38. The predicted molar refractivity (Wildman–Crippen MR) is 77.2 cm³/mol. The second-order valence-corrected chi connectivity index (χ2v) is 6.38. The third kappa shape index (κ3) is 2.73. The summed E-state index contributed by atoms with van der Waals surface area (Å²) >= 11 is 0. The van der Waals surface area contributed by atoms with Crippen LogP contribution in [0.4, 0.5) is 0 Å². The molecule has 3 unspecified atom stereocenters. The average molecular weight is 265 g/mol. The van der Waals surface area contributed by atoms with Crippen molar-refractivity contribution < 1.29 is 4.74 Å². The zero-order chi connectivity index (χ0) is 13.2. The number of nitrogens with zero attached hydrogens (tertiary/aromatic N) is 2. The molecule has 2 N–H and O–H groups in total. The highest BCUT2D eigenvalue weighted by molar-refractivity contribution is 5.80. The van der Waals surface area contributed by atoms with Crippen LogP contribution in [-0.2, 0) is 4.74 Å². The van der Waals surface area contributed by atoms with Gasteiger partial charge in [0.1, 0.15) is 0 Å². The molecule has 4 nitrogen and oxygen atoms in total. The van der Waals surface area contributed by atoms with E-state index in [0.717, 1.165) is 18.9 Å². The van der Waals surface area contributed by atoms with E-state index in [-0.39, 0.29) is 0 Å². The number of hydrogen-bond acceptors (Lipinski definition) is 4. The molecule has 0 radical (unpaired) electrons. The van der Waals surface area contributed by atoms with Gasteiger partial charge in [-0.15, -0.1) is 0 Å². The first-order chi connectivity index (χ1) is 9.25. The Morgan fingerprint density at radius 1 is 1.11 bits per heavy atom. The third-order valence-corrected chi connectivity index (χ3v) is 4.97. The summed E-state index contributed by atoms with van der Waals surface area (Å²) in [6.07, 6.45) is 11.1. The monoisotopic (exact) mass is 265 g/mol. The Labute approximate surface area is 116 Å². The van der Waals surface area contributed by atoms with E-state index in [1.54, 1.807) is 0 Å². The Morgan fingerprint density at radius 2 is 1.84 bits per heavy atom. The van der Waals surface area contributed by atoms with Gasteiger partial charge in [0.15, 0.2) is 5.96 Å². The van der Waals surface area contributed by atoms with Gasteiger partial charge < -0.3 is 15.4 Å². The minimum absolute atomic E-state index is 0.336. The number of guanidine groups is 1. The molecule has 0 aromatic carbocycles. The van der Waals surface area contributed by atoms with Crippen molar-refractivity contribution in [2.75, 3.05) is 6.54 Å². The Hall–Kier alpha value is -0.770. The molecule has 4 heteroatoms. The molecule has 2 heterocycles.